The number of aromatic amines is 1. The van der Waals surface area contributed by atoms with E-state index in [0.717, 1.165) is 17.6 Å². The van der Waals surface area contributed by atoms with Gasteiger partial charge in [0.2, 0.25) is 11.8 Å². The minimum atomic E-state index is -0.523. The monoisotopic (exact) mass is 382 g/mol. The van der Waals surface area contributed by atoms with Gasteiger partial charge in [-0.1, -0.05) is 0 Å². The van der Waals surface area contributed by atoms with Crippen LogP contribution in [-0.2, 0) is 13.0 Å². The van der Waals surface area contributed by atoms with E-state index in [0.29, 0.717) is 25.2 Å². The van der Waals surface area contributed by atoms with Crippen molar-refractivity contribution in [2.24, 2.45) is 0 Å². The molecule has 4 rings (SSSR count). The van der Waals surface area contributed by atoms with E-state index in [2.05, 4.69) is 25.3 Å². The van der Waals surface area contributed by atoms with Crippen LogP contribution < -0.4 is 10.2 Å². The van der Waals surface area contributed by atoms with Gasteiger partial charge >= 0.3 is 5.69 Å². The zero-order valence-electron chi connectivity index (χ0n) is 14.4. The predicted molar refractivity (Wildman–Crippen MR) is 98.4 cm³/mol. The van der Waals surface area contributed by atoms with Gasteiger partial charge in [0.05, 0.1) is 28.4 Å². The molecular weight excluding hydrogens is 368 g/mol. The van der Waals surface area contributed by atoms with Crippen LogP contribution in [0.15, 0.2) is 36.8 Å². The molecule has 0 saturated carbocycles. The third-order valence-electron chi connectivity index (χ3n) is 4.36. The first kappa shape index (κ1) is 17.3. The molecule has 28 heavy (non-hydrogen) atoms. The smallest absolute Gasteiger partial charge is 0.329 e. The van der Waals surface area contributed by atoms with Crippen molar-refractivity contribution < 1.29 is 9.85 Å². The zero-order chi connectivity index (χ0) is 19.7. The summed E-state index contributed by atoms with van der Waals surface area (Å²) >= 11 is 0. The average molecular weight is 382 g/mol. The fourth-order valence-electron chi connectivity index (χ4n) is 2.97. The van der Waals surface area contributed by atoms with Gasteiger partial charge in [-0.05, 0) is 12.1 Å². The quantitative estimate of drug-likeness (QED) is 0.499. The Bertz CT molecular complexity index is 1050. The lowest BCUT2D eigenvalue weighted by Gasteiger charge is -2.26. The van der Waals surface area contributed by atoms with E-state index in [1.165, 1.54) is 24.3 Å². The summed E-state index contributed by atoms with van der Waals surface area (Å²) in [6.07, 6.45) is 3.42. The zero-order valence-corrected chi connectivity index (χ0v) is 14.4. The maximum Gasteiger partial charge on any atom is 0.329 e. The lowest BCUT2D eigenvalue weighted by Crippen LogP contribution is -2.32. The van der Waals surface area contributed by atoms with Gasteiger partial charge in [-0.2, -0.15) is 4.98 Å². The number of benzene rings is 1. The minimum absolute atomic E-state index is 0.0426. The molecule has 0 radical (unpaired) electrons. The standard InChI is InChI=1S/C16H14N8O4/c25-23(26)11-3-1-10(2-4-11)20-16-17-7-14(24(27)28)15(21-16)22-6-5-12-13(8-22)19-9-18-12/h1-4,7,9H,5-6,8H2,(H,18,19)(H,17,20,21). The summed E-state index contributed by atoms with van der Waals surface area (Å²) in [4.78, 5) is 38.5. The van der Waals surface area contributed by atoms with Crippen molar-refractivity contribution in [1.82, 2.24) is 19.9 Å². The molecule has 2 N–H and O–H groups in total. The highest BCUT2D eigenvalue weighted by molar-refractivity contribution is 5.63. The van der Waals surface area contributed by atoms with Gasteiger partial charge in [-0.25, -0.2) is 9.97 Å². The molecule has 3 heterocycles. The first-order valence-electron chi connectivity index (χ1n) is 8.30. The molecule has 3 aromatic rings. The maximum absolute atomic E-state index is 11.4. The van der Waals surface area contributed by atoms with E-state index >= 15 is 0 Å². The Labute approximate surface area is 157 Å². The molecule has 0 aliphatic carbocycles. The largest absolute Gasteiger partial charge is 0.348 e. The number of rotatable bonds is 5. The van der Waals surface area contributed by atoms with Gasteiger partial charge in [-0.15, -0.1) is 0 Å². The van der Waals surface area contributed by atoms with Crippen LogP contribution in [0.4, 0.5) is 28.8 Å². The number of fused-ring (bicyclic) bond motifs is 1. The molecule has 12 heteroatoms. The summed E-state index contributed by atoms with van der Waals surface area (Å²) in [6, 6.07) is 5.72. The van der Waals surface area contributed by atoms with Crippen LogP contribution in [0, 0.1) is 20.2 Å². The molecule has 0 spiro atoms. The van der Waals surface area contributed by atoms with Crippen molar-refractivity contribution >= 4 is 28.8 Å². The Kier molecular flexibility index (Phi) is 4.27. The topological polar surface area (TPSA) is 156 Å². The summed E-state index contributed by atoms with van der Waals surface area (Å²) in [5.41, 5.74) is 2.12. The van der Waals surface area contributed by atoms with E-state index in [-0.39, 0.29) is 23.1 Å². The number of nitro groups is 2. The predicted octanol–water partition coefficient (Wildman–Crippen LogP) is 2.32. The number of aromatic nitrogens is 4. The number of imidazole rings is 1. The first-order chi connectivity index (χ1) is 13.5. The molecule has 2 aromatic heterocycles. The number of hydrogen-bond acceptors (Lipinski definition) is 9. The molecule has 142 valence electrons. The van der Waals surface area contributed by atoms with Gasteiger partial charge < -0.3 is 15.2 Å². The van der Waals surface area contributed by atoms with Gasteiger partial charge in [0, 0.05) is 36.5 Å². The van der Waals surface area contributed by atoms with Crippen LogP contribution in [0.2, 0.25) is 0 Å². The lowest BCUT2D eigenvalue weighted by atomic mass is 10.1. The number of hydrogen-bond donors (Lipinski definition) is 2. The molecule has 0 amide bonds. The third kappa shape index (κ3) is 3.30. The van der Waals surface area contributed by atoms with E-state index in [4.69, 9.17) is 0 Å². The van der Waals surface area contributed by atoms with Crippen LogP contribution >= 0.6 is 0 Å². The number of anilines is 3. The molecular formula is C16H14N8O4. The summed E-state index contributed by atoms with van der Waals surface area (Å²) in [5.74, 6) is 0.348. The number of nitrogens with zero attached hydrogens (tertiary/aromatic N) is 6. The Morgan fingerprint density at radius 3 is 2.61 bits per heavy atom. The molecule has 12 nitrogen and oxygen atoms in total. The highest BCUT2D eigenvalue weighted by atomic mass is 16.6. The first-order valence-corrected chi connectivity index (χ1v) is 8.30. The lowest BCUT2D eigenvalue weighted by molar-refractivity contribution is -0.384. The normalized spacial score (nSPS) is 13.1. The number of non-ortho nitro benzene ring substituents is 1. The molecule has 0 unspecified atom stereocenters. The minimum Gasteiger partial charge on any atom is -0.348 e. The van der Waals surface area contributed by atoms with Crippen molar-refractivity contribution in [2.75, 3.05) is 16.8 Å². The van der Waals surface area contributed by atoms with Crippen molar-refractivity contribution in [2.45, 2.75) is 13.0 Å². The highest BCUT2D eigenvalue weighted by Crippen LogP contribution is 2.30. The van der Waals surface area contributed by atoms with Crippen LogP contribution in [-0.4, -0.2) is 36.3 Å². The Morgan fingerprint density at radius 2 is 1.89 bits per heavy atom. The molecule has 0 bridgehead atoms. The van der Waals surface area contributed by atoms with Crippen LogP contribution in [0.1, 0.15) is 11.4 Å². The maximum atomic E-state index is 11.4. The summed E-state index contributed by atoms with van der Waals surface area (Å²) in [6.45, 7) is 0.942. The Balaban J connectivity index is 1.62. The number of nitro benzene ring substituents is 1. The van der Waals surface area contributed by atoms with Gasteiger partial charge in [0.15, 0.2) is 0 Å². The van der Waals surface area contributed by atoms with Gasteiger partial charge in [-0.3, -0.25) is 20.2 Å². The SMILES string of the molecule is O=[N+]([O-])c1ccc(Nc2ncc([N+](=O)[O-])c(N3CCc4[nH]cnc4C3)n2)cc1. The average Bonchev–Trinajstić information content (AvgIpc) is 3.16. The van der Waals surface area contributed by atoms with Gasteiger partial charge in [0.25, 0.3) is 5.69 Å². The van der Waals surface area contributed by atoms with Gasteiger partial charge in [0.1, 0.15) is 6.20 Å². The Morgan fingerprint density at radius 1 is 1.11 bits per heavy atom. The van der Waals surface area contributed by atoms with Crippen molar-refractivity contribution in [3.8, 4) is 0 Å². The van der Waals surface area contributed by atoms with Crippen LogP contribution in [0.25, 0.3) is 0 Å². The molecule has 0 atom stereocenters. The van der Waals surface area contributed by atoms with Crippen LogP contribution in [0.5, 0.6) is 0 Å². The van der Waals surface area contributed by atoms with E-state index in [1.807, 2.05) is 0 Å². The second-order valence-electron chi connectivity index (χ2n) is 6.09. The molecule has 1 aliphatic heterocycles. The third-order valence-corrected chi connectivity index (χ3v) is 4.36. The molecule has 0 saturated heterocycles. The summed E-state index contributed by atoms with van der Waals surface area (Å²) in [7, 11) is 0. The molecule has 1 aromatic carbocycles. The fraction of sp³-hybridized carbons (Fsp3) is 0.188. The van der Waals surface area contributed by atoms with E-state index in [1.54, 1.807) is 11.2 Å². The van der Waals surface area contributed by atoms with E-state index < -0.39 is 9.85 Å². The van der Waals surface area contributed by atoms with E-state index in [9.17, 15) is 20.2 Å². The van der Waals surface area contributed by atoms with Crippen molar-refractivity contribution in [3.05, 3.63) is 68.4 Å². The number of H-pyrrole nitrogens is 1. The Hall–Kier alpha value is -4.09. The number of nitrogens with one attached hydrogen (secondary N) is 2. The highest BCUT2D eigenvalue weighted by Gasteiger charge is 2.27. The second-order valence-corrected chi connectivity index (χ2v) is 6.09. The fourth-order valence-corrected chi connectivity index (χ4v) is 2.97. The van der Waals surface area contributed by atoms with Crippen LogP contribution in [0.3, 0.4) is 0 Å². The molecule has 1 aliphatic rings. The summed E-state index contributed by atoms with van der Waals surface area (Å²) < 4.78 is 0. The van der Waals surface area contributed by atoms with Crippen molar-refractivity contribution in [1.29, 1.82) is 0 Å². The second kappa shape index (κ2) is 6.90. The van der Waals surface area contributed by atoms with Crippen molar-refractivity contribution in [3.63, 3.8) is 0 Å². The summed E-state index contributed by atoms with van der Waals surface area (Å²) in [5, 5.41) is 25.1. The molecule has 0 fully saturated rings.